The average molecular weight is 390 g/mol. The number of methoxy groups -OCH3 is 1. The van der Waals surface area contributed by atoms with Gasteiger partial charge >= 0.3 is 0 Å². The van der Waals surface area contributed by atoms with Gasteiger partial charge in [0.15, 0.2) is 0 Å². The molecular weight excluding hydrogens is 362 g/mol. The molecule has 0 radical (unpaired) electrons. The van der Waals surface area contributed by atoms with Crippen molar-refractivity contribution >= 4 is 10.0 Å². The summed E-state index contributed by atoms with van der Waals surface area (Å²) in [5.41, 5.74) is 1.30. The fourth-order valence-electron chi connectivity index (χ4n) is 3.68. The summed E-state index contributed by atoms with van der Waals surface area (Å²) in [5.74, 6) is 1.42. The number of fused-ring (bicyclic) bond motifs is 1. The molecule has 0 aliphatic carbocycles. The van der Waals surface area contributed by atoms with E-state index in [0.29, 0.717) is 12.2 Å². The van der Waals surface area contributed by atoms with Gasteiger partial charge in [-0.1, -0.05) is 32.0 Å². The highest BCUT2D eigenvalue weighted by molar-refractivity contribution is 7.89. The van der Waals surface area contributed by atoms with E-state index in [2.05, 4.69) is 18.6 Å². The lowest BCUT2D eigenvalue weighted by Crippen LogP contribution is -2.44. The van der Waals surface area contributed by atoms with Crippen molar-refractivity contribution in [3.63, 3.8) is 0 Å². The molecule has 0 saturated heterocycles. The number of benzene rings is 2. The van der Waals surface area contributed by atoms with Gasteiger partial charge < -0.3 is 9.47 Å². The van der Waals surface area contributed by atoms with Crippen molar-refractivity contribution in [1.29, 1.82) is 0 Å². The van der Waals surface area contributed by atoms with Crippen LogP contribution >= 0.6 is 0 Å². The van der Waals surface area contributed by atoms with Gasteiger partial charge in [0.1, 0.15) is 17.1 Å². The summed E-state index contributed by atoms with van der Waals surface area (Å²) < 4.78 is 40.5. The molecule has 1 N–H and O–H groups in total. The number of para-hydroxylation sites is 1. The zero-order valence-corrected chi connectivity index (χ0v) is 17.1. The Morgan fingerprint density at radius 3 is 2.52 bits per heavy atom. The highest BCUT2D eigenvalue weighted by Gasteiger charge is 2.40. The summed E-state index contributed by atoms with van der Waals surface area (Å²) in [7, 11) is -2.11. The first kappa shape index (κ1) is 19.7. The third-order valence-electron chi connectivity index (χ3n) is 5.46. The maximum Gasteiger partial charge on any atom is 0.241 e. The van der Waals surface area contributed by atoms with Crippen LogP contribution in [0.15, 0.2) is 47.4 Å². The van der Waals surface area contributed by atoms with Crippen LogP contribution in [0, 0.1) is 6.92 Å². The number of ether oxygens (including phenoxy) is 2. The third kappa shape index (κ3) is 3.82. The molecule has 0 amide bonds. The van der Waals surface area contributed by atoms with Crippen LogP contribution in [0.4, 0.5) is 0 Å². The van der Waals surface area contributed by atoms with Gasteiger partial charge in [-0.2, -0.15) is 0 Å². The topological polar surface area (TPSA) is 64.6 Å². The Balaban J connectivity index is 1.96. The Kier molecular flexibility index (Phi) is 5.49. The van der Waals surface area contributed by atoms with Crippen molar-refractivity contribution in [3.05, 3.63) is 53.6 Å². The van der Waals surface area contributed by atoms with Crippen molar-refractivity contribution in [1.82, 2.24) is 4.72 Å². The molecule has 1 aliphatic heterocycles. The standard InChI is InChI=1S/C21H27NO4S/c1-5-21(6-2)14-18(17-9-7-8-10-20(17)26-21)22-27(23,24)16-11-12-19(25-4)15(3)13-16/h7-13,18,22H,5-6,14H2,1-4H3. The molecule has 0 bridgehead atoms. The lowest BCUT2D eigenvalue weighted by Gasteiger charge is -2.41. The highest BCUT2D eigenvalue weighted by Crippen LogP contribution is 2.43. The van der Waals surface area contributed by atoms with Gasteiger partial charge in [0.05, 0.1) is 18.0 Å². The Hall–Kier alpha value is -2.05. The molecule has 5 nitrogen and oxygen atoms in total. The second kappa shape index (κ2) is 7.52. The monoisotopic (exact) mass is 389 g/mol. The number of nitrogens with one attached hydrogen (secondary N) is 1. The largest absolute Gasteiger partial charge is 0.496 e. The first-order chi connectivity index (χ1) is 12.8. The lowest BCUT2D eigenvalue weighted by molar-refractivity contribution is 0.0260. The van der Waals surface area contributed by atoms with Gasteiger partial charge in [-0.25, -0.2) is 13.1 Å². The van der Waals surface area contributed by atoms with E-state index in [0.717, 1.165) is 29.7 Å². The zero-order valence-electron chi connectivity index (χ0n) is 16.3. The van der Waals surface area contributed by atoms with Gasteiger partial charge in [-0.3, -0.25) is 0 Å². The molecular formula is C21H27NO4S. The van der Waals surface area contributed by atoms with E-state index in [9.17, 15) is 8.42 Å². The molecule has 0 saturated carbocycles. The Bertz CT molecular complexity index is 920. The average Bonchev–Trinajstić information content (AvgIpc) is 2.67. The van der Waals surface area contributed by atoms with Crippen LogP contribution in [0.1, 0.15) is 50.3 Å². The molecule has 146 valence electrons. The van der Waals surface area contributed by atoms with Crippen LogP contribution in [0.25, 0.3) is 0 Å². The van der Waals surface area contributed by atoms with E-state index in [1.54, 1.807) is 25.3 Å². The molecule has 0 spiro atoms. The first-order valence-corrected chi connectivity index (χ1v) is 10.8. The number of aryl methyl sites for hydroxylation is 1. The van der Waals surface area contributed by atoms with Gasteiger partial charge in [0.2, 0.25) is 10.0 Å². The number of hydrogen-bond donors (Lipinski definition) is 1. The SMILES string of the molecule is CCC1(CC)CC(NS(=O)(=O)c2ccc(OC)c(C)c2)c2ccccc2O1. The van der Waals surface area contributed by atoms with E-state index in [1.165, 1.54) is 0 Å². The molecule has 0 fully saturated rings. The summed E-state index contributed by atoms with van der Waals surface area (Å²) in [6.45, 7) is 5.99. The summed E-state index contributed by atoms with van der Waals surface area (Å²) in [6, 6.07) is 12.2. The van der Waals surface area contributed by atoms with Crippen LogP contribution in [0.3, 0.4) is 0 Å². The second-order valence-electron chi connectivity index (χ2n) is 7.04. The van der Waals surface area contributed by atoms with Crippen LogP contribution in [-0.2, 0) is 10.0 Å². The molecule has 1 unspecified atom stereocenters. The van der Waals surface area contributed by atoms with Crippen molar-refractivity contribution in [3.8, 4) is 11.5 Å². The van der Waals surface area contributed by atoms with Crippen LogP contribution in [-0.4, -0.2) is 21.1 Å². The lowest BCUT2D eigenvalue weighted by atomic mass is 9.84. The summed E-state index contributed by atoms with van der Waals surface area (Å²) in [4.78, 5) is 0.239. The second-order valence-corrected chi connectivity index (χ2v) is 8.75. The molecule has 2 aromatic carbocycles. The molecule has 6 heteroatoms. The molecule has 1 heterocycles. The Morgan fingerprint density at radius 1 is 1.19 bits per heavy atom. The Morgan fingerprint density at radius 2 is 1.89 bits per heavy atom. The van der Waals surface area contributed by atoms with E-state index >= 15 is 0 Å². The molecule has 3 rings (SSSR count). The van der Waals surface area contributed by atoms with E-state index in [4.69, 9.17) is 9.47 Å². The summed E-state index contributed by atoms with van der Waals surface area (Å²) >= 11 is 0. The normalized spacial score (nSPS) is 18.4. The fourth-order valence-corrected chi connectivity index (χ4v) is 4.98. The van der Waals surface area contributed by atoms with E-state index in [1.807, 2.05) is 31.2 Å². The third-order valence-corrected chi connectivity index (χ3v) is 6.93. The predicted molar refractivity (Wildman–Crippen MR) is 106 cm³/mol. The van der Waals surface area contributed by atoms with E-state index < -0.39 is 10.0 Å². The van der Waals surface area contributed by atoms with Crippen molar-refractivity contribution < 1.29 is 17.9 Å². The minimum atomic E-state index is -3.68. The molecule has 1 atom stereocenters. The maximum absolute atomic E-state index is 13.1. The van der Waals surface area contributed by atoms with Crippen LogP contribution < -0.4 is 14.2 Å². The van der Waals surface area contributed by atoms with Gasteiger partial charge in [0.25, 0.3) is 0 Å². The van der Waals surface area contributed by atoms with Crippen molar-refractivity contribution in [2.75, 3.05) is 7.11 Å². The number of hydrogen-bond acceptors (Lipinski definition) is 4. The summed E-state index contributed by atoms with van der Waals surface area (Å²) in [6.07, 6.45) is 2.24. The predicted octanol–water partition coefficient (Wildman–Crippen LogP) is 4.36. The highest BCUT2D eigenvalue weighted by atomic mass is 32.2. The number of sulfonamides is 1. The molecule has 27 heavy (non-hydrogen) atoms. The first-order valence-electron chi connectivity index (χ1n) is 9.29. The molecule has 1 aliphatic rings. The minimum absolute atomic E-state index is 0.239. The van der Waals surface area contributed by atoms with Crippen molar-refractivity contribution in [2.24, 2.45) is 0 Å². The Labute approximate surface area is 161 Å². The summed E-state index contributed by atoms with van der Waals surface area (Å²) in [5, 5.41) is 0. The number of rotatable bonds is 6. The van der Waals surface area contributed by atoms with Crippen molar-refractivity contribution in [2.45, 2.75) is 56.6 Å². The van der Waals surface area contributed by atoms with Crippen LogP contribution in [0.2, 0.25) is 0 Å². The van der Waals surface area contributed by atoms with Gasteiger partial charge in [-0.15, -0.1) is 0 Å². The van der Waals surface area contributed by atoms with E-state index in [-0.39, 0.29) is 16.5 Å². The molecule has 2 aromatic rings. The van der Waals surface area contributed by atoms with Crippen LogP contribution in [0.5, 0.6) is 11.5 Å². The smallest absolute Gasteiger partial charge is 0.241 e. The zero-order chi connectivity index (χ0) is 19.7. The maximum atomic E-state index is 13.1. The fraction of sp³-hybridized carbons (Fsp3) is 0.429. The molecule has 0 aromatic heterocycles. The van der Waals surface area contributed by atoms with Gasteiger partial charge in [-0.05, 0) is 49.6 Å². The quantitative estimate of drug-likeness (QED) is 0.797. The van der Waals surface area contributed by atoms with Gasteiger partial charge in [0, 0.05) is 12.0 Å². The minimum Gasteiger partial charge on any atom is -0.496 e.